The molecule has 4 rings (SSSR count). The molecule has 2 aliphatic heterocycles. The van der Waals surface area contributed by atoms with Crippen LogP contribution in [0.1, 0.15) is 0 Å². The van der Waals surface area contributed by atoms with Crippen molar-refractivity contribution in [1.82, 2.24) is 15.2 Å². The molecule has 1 N–H and O–H groups in total. The maximum absolute atomic E-state index is 12.3. The normalized spacial score (nSPS) is 20.2. The molecule has 0 radical (unpaired) electrons. The minimum absolute atomic E-state index is 0. The van der Waals surface area contributed by atoms with Crippen molar-refractivity contribution in [2.24, 2.45) is 11.8 Å². The maximum atomic E-state index is 12.3. The van der Waals surface area contributed by atoms with E-state index < -0.39 is 0 Å². The highest BCUT2D eigenvalue weighted by Gasteiger charge is 2.37. The van der Waals surface area contributed by atoms with Gasteiger partial charge in [-0.25, -0.2) is 4.98 Å². The van der Waals surface area contributed by atoms with Gasteiger partial charge in [-0.2, -0.15) is 0 Å². The first-order valence-electron chi connectivity index (χ1n) is 8.58. The smallest absolute Gasteiger partial charge is 0.260 e. The van der Waals surface area contributed by atoms with Gasteiger partial charge in [0.1, 0.15) is 11.5 Å². The van der Waals surface area contributed by atoms with E-state index in [1.54, 1.807) is 36.5 Å². The number of nitrogens with zero attached hydrogens (tertiary/aromatic N) is 2. The average molecular weight is 412 g/mol. The number of ether oxygens (including phenoxy) is 2. The van der Waals surface area contributed by atoms with Crippen LogP contribution in [0.15, 0.2) is 48.7 Å². The quantitative estimate of drug-likeness (QED) is 0.819. The molecule has 2 atom stereocenters. The van der Waals surface area contributed by atoms with Crippen LogP contribution in [0, 0.1) is 11.8 Å². The minimum atomic E-state index is 0. The van der Waals surface area contributed by atoms with Crippen molar-refractivity contribution in [3.05, 3.63) is 48.7 Å². The summed E-state index contributed by atoms with van der Waals surface area (Å²) in [4.78, 5) is 18.3. The molecule has 8 heteroatoms. The van der Waals surface area contributed by atoms with Crippen LogP contribution >= 0.6 is 24.8 Å². The van der Waals surface area contributed by atoms with Crippen molar-refractivity contribution in [1.29, 1.82) is 0 Å². The van der Waals surface area contributed by atoms with Crippen molar-refractivity contribution >= 4 is 30.7 Å². The number of pyridine rings is 1. The topological polar surface area (TPSA) is 63.7 Å². The standard InChI is InChI=1S/C19H21N3O3.2ClH/c23-19(22-11-14-9-20-10-15(14)12-22)13-24-16-4-6-17(7-5-16)25-18-3-1-2-8-21-18;;/h1-8,14-15,20H,9-13H2;2*1H/t14-,15+;;. The van der Waals surface area contributed by atoms with E-state index in [1.165, 1.54) is 0 Å². The zero-order valence-electron chi connectivity index (χ0n) is 14.7. The predicted octanol–water partition coefficient (Wildman–Crippen LogP) is 2.77. The number of hydrogen-bond acceptors (Lipinski definition) is 5. The number of likely N-dealkylation sites (tertiary alicyclic amines) is 1. The highest BCUT2D eigenvalue weighted by atomic mass is 35.5. The van der Waals surface area contributed by atoms with Gasteiger partial charge in [0.2, 0.25) is 5.88 Å². The lowest BCUT2D eigenvalue weighted by atomic mass is 10.0. The van der Waals surface area contributed by atoms with Crippen LogP contribution in [0.2, 0.25) is 0 Å². The van der Waals surface area contributed by atoms with Gasteiger partial charge < -0.3 is 19.7 Å². The molecule has 1 aromatic heterocycles. The van der Waals surface area contributed by atoms with Gasteiger partial charge in [0.15, 0.2) is 6.61 Å². The number of benzene rings is 1. The molecule has 0 aliphatic carbocycles. The fourth-order valence-corrected chi connectivity index (χ4v) is 3.43. The number of rotatable bonds is 5. The number of nitrogens with one attached hydrogen (secondary N) is 1. The van der Waals surface area contributed by atoms with Crippen molar-refractivity contribution in [3.63, 3.8) is 0 Å². The molecule has 0 unspecified atom stereocenters. The van der Waals surface area contributed by atoms with Crippen molar-refractivity contribution < 1.29 is 14.3 Å². The summed E-state index contributed by atoms with van der Waals surface area (Å²) < 4.78 is 11.3. The van der Waals surface area contributed by atoms with Gasteiger partial charge in [0, 0.05) is 38.4 Å². The third kappa shape index (κ3) is 5.25. The second-order valence-electron chi connectivity index (χ2n) is 6.51. The number of fused-ring (bicyclic) bond motifs is 1. The third-order valence-electron chi connectivity index (χ3n) is 4.79. The lowest BCUT2D eigenvalue weighted by molar-refractivity contribution is -0.132. The average Bonchev–Trinajstić information content (AvgIpc) is 3.24. The summed E-state index contributed by atoms with van der Waals surface area (Å²) in [7, 11) is 0. The lowest BCUT2D eigenvalue weighted by Gasteiger charge is -2.17. The number of amides is 1. The number of carbonyl (C=O) groups is 1. The van der Waals surface area contributed by atoms with Gasteiger partial charge in [-0.1, -0.05) is 6.07 Å². The number of halogens is 2. The number of hydrogen-bond donors (Lipinski definition) is 1. The van der Waals surface area contributed by atoms with Crippen molar-refractivity contribution in [2.75, 3.05) is 32.8 Å². The summed E-state index contributed by atoms with van der Waals surface area (Å²) >= 11 is 0. The summed E-state index contributed by atoms with van der Waals surface area (Å²) in [6.45, 7) is 3.81. The van der Waals surface area contributed by atoms with Crippen LogP contribution in [0.5, 0.6) is 17.4 Å². The first-order chi connectivity index (χ1) is 12.3. The Balaban J connectivity index is 0.00000131. The second-order valence-corrected chi connectivity index (χ2v) is 6.51. The monoisotopic (exact) mass is 411 g/mol. The zero-order valence-corrected chi connectivity index (χ0v) is 16.4. The largest absolute Gasteiger partial charge is 0.484 e. The molecular formula is C19H23Cl2N3O3. The van der Waals surface area contributed by atoms with Crippen LogP contribution in [-0.2, 0) is 4.79 Å². The molecular weight excluding hydrogens is 389 g/mol. The summed E-state index contributed by atoms with van der Waals surface area (Å²) in [5.41, 5.74) is 0. The maximum Gasteiger partial charge on any atom is 0.260 e. The Morgan fingerprint density at radius 3 is 2.33 bits per heavy atom. The van der Waals surface area contributed by atoms with E-state index in [1.807, 2.05) is 17.0 Å². The zero-order chi connectivity index (χ0) is 17.1. The first-order valence-corrected chi connectivity index (χ1v) is 8.58. The van der Waals surface area contributed by atoms with E-state index in [0.29, 0.717) is 29.2 Å². The van der Waals surface area contributed by atoms with E-state index in [-0.39, 0.29) is 37.3 Å². The van der Waals surface area contributed by atoms with Gasteiger partial charge in [-0.15, -0.1) is 24.8 Å². The Labute approximate surface area is 171 Å². The molecule has 2 aliphatic rings. The Kier molecular flexibility index (Phi) is 7.71. The molecule has 0 spiro atoms. The molecule has 2 fully saturated rings. The molecule has 27 heavy (non-hydrogen) atoms. The van der Waals surface area contributed by atoms with Gasteiger partial charge in [0.25, 0.3) is 5.91 Å². The summed E-state index contributed by atoms with van der Waals surface area (Å²) in [5, 5.41) is 3.38. The Hall–Kier alpha value is -2.02. The molecule has 1 amide bonds. The van der Waals surface area contributed by atoms with E-state index in [2.05, 4.69) is 10.3 Å². The van der Waals surface area contributed by atoms with Crippen LogP contribution in [0.4, 0.5) is 0 Å². The van der Waals surface area contributed by atoms with Crippen LogP contribution < -0.4 is 14.8 Å². The van der Waals surface area contributed by atoms with Gasteiger partial charge in [-0.05, 0) is 42.2 Å². The van der Waals surface area contributed by atoms with Crippen molar-refractivity contribution in [3.8, 4) is 17.4 Å². The minimum Gasteiger partial charge on any atom is -0.484 e. The van der Waals surface area contributed by atoms with Crippen LogP contribution in [0.25, 0.3) is 0 Å². The van der Waals surface area contributed by atoms with Gasteiger partial charge in [-0.3, -0.25) is 4.79 Å². The molecule has 0 saturated carbocycles. The lowest BCUT2D eigenvalue weighted by Crippen LogP contribution is -2.35. The molecule has 3 heterocycles. The number of carbonyl (C=O) groups excluding carboxylic acids is 1. The van der Waals surface area contributed by atoms with E-state index in [0.717, 1.165) is 26.2 Å². The highest BCUT2D eigenvalue weighted by Crippen LogP contribution is 2.26. The second kappa shape index (κ2) is 9.78. The summed E-state index contributed by atoms with van der Waals surface area (Å²) in [6, 6.07) is 12.7. The predicted molar refractivity (Wildman–Crippen MR) is 107 cm³/mol. The van der Waals surface area contributed by atoms with Gasteiger partial charge >= 0.3 is 0 Å². The molecule has 2 saturated heterocycles. The summed E-state index contributed by atoms with van der Waals surface area (Å²) in [6.07, 6.45) is 1.68. The van der Waals surface area contributed by atoms with Gasteiger partial charge in [0.05, 0.1) is 0 Å². The molecule has 0 bridgehead atoms. The van der Waals surface area contributed by atoms with Crippen LogP contribution in [-0.4, -0.2) is 48.6 Å². The molecule has 6 nitrogen and oxygen atoms in total. The SMILES string of the molecule is Cl.Cl.O=C(COc1ccc(Oc2ccccn2)cc1)N1C[C@H]2CNC[C@H]2C1. The van der Waals surface area contributed by atoms with Crippen LogP contribution in [0.3, 0.4) is 0 Å². The molecule has 146 valence electrons. The van der Waals surface area contributed by atoms with E-state index in [4.69, 9.17) is 9.47 Å². The molecule has 1 aromatic carbocycles. The van der Waals surface area contributed by atoms with Crippen molar-refractivity contribution in [2.45, 2.75) is 0 Å². The fourth-order valence-electron chi connectivity index (χ4n) is 3.43. The third-order valence-corrected chi connectivity index (χ3v) is 4.79. The fraction of sp³-hybridized carbons (Fsp3) is 0.368. The highest BCUT2D eigenvalue weighted by molar-refractivity contribution is 5.85. The van der Waals surface area contributed by atoms with E-state index in [9.17, 15) is 4.79 Å². The molecule has 2 aromatic rings. The Bertz CT molecular complexity index is 719. The Morgan fingerprint density at radius 2 is 1.70 bits per heavy atom. The Morgan fingerprint density at radius 1 is 1.04 bits per heavy atom. The number of aromatic nitrogens is 1. The summed E-state index contributed by atoms with van der Waals surface area (Å²) in [5.74, 6) is 3.14. The van der Waals surface area contributed by atoms with E-state index >= 15 is 0 Å². The first kappa shape index (κ1) is 21.3.